The van der Waals surface area contributed by atoms with Gasteiger partial charge in [0.05, 0.1) is 11.1 Å². The first-order chi connectivity index (χ1) is 8.14. The van der Waals surface area contributed by atoms with Gasteiger partial charge in [0.25, 0.3) is 0 Å². The zero-order valence-corrected chi connectivity index (χ0v) is 11.1. The van der Waals surface area contributed by atoms with Crippen molar-refractivity contribution in [2.45, 2.75) is 49.7 Å². The fourth-order valence-electron chi connectivity index (χ4n) is 3.33. The Labute approximate surface area is 107 Å². The van der Waals surface area contributed by atoms with Crippen LogP contribution in [0, 0.1) is 5.92 Å². The van der Waals surface area contributed by atoms with Crippen molar-refractivity contribution < 1.29 is 9.53 Å². The molecule has 1 saturated carbocycles. The van der Waals surface area contributed by atoms with Gasteiger partial charge < -0.3 is 10.5 Å². The summed E-state index contributed by atoms with van der Waals surface area (Å²) >= 11 is 1.95. The summed E-state index contributed by atoms with van der Waals surface area (Å²) in [6.07, 6.45) is 5.81. The number of rotatable bonds is 2. The monoisotopic (exact) mass is 255 g/mol. The number of Topliss-reactive ketones (excluding diaryl/α,β-unsaturated/α-hetero) is 1. The molecule has 3 rings (SSSR count). The van der Waals surface area contributed by atoms with Crippen LogP contribution in [0.3, 0.4) is 0 Å². The zero-order chi connectivity index (χ0) is 11.9. The molecule has 17 heavy (non-hydrogen) atoms. The Bertz CT molecular complexity index is 321. The van der Waals surface area contributed by atoms with E-state index in [0.29, 0.717) is 5.78 Å². The topological polar surface area (TPSA) is 52.3 Å². The van der Waals surface area contributed by atoms with E-state index in [1.54, 1.807) is 0 Å². The van der Waals surface area contributed by atoms with Crippen molar-refractivity contribution in [1.29, 1.82) is 0 Å². The van der Waals surface area contributed by atoms with Crippen molar-refractivity contribution in [3.63, 3.8) is 0 Å². The number of hydrogen-bond donors (Lipinski definition) is 1. The normalized spacial score (nSPS) is 40.2. The molecule has 2 saturated heterocycles. The molecule has 2 unspecified atom stereocenters. The van der Waals surface area contributed by atoms with Gasteiger partial charge in [-0.3, -0.25) is 4.79 Å². The third-order valence-electron chi connectivity index (χ3n) is 4.67. The second-order valence-electron chi connectivity index (χ2n) is 5.90. The summed E-state index contributed by atoms with van der Waals surface area (Å²) in [7, 11) is 0. The molecule has 2 N–H and O–H groups in total. The average molecular weight is 255 g/mol. The minimum absolute atomic E-state index is 0.00332. The van der Waals surface area contributed by atoms with Crippen LogP contribution in [0.1, 0.15) is 38.5 Å². The maximum Gasteiger partial charge on any atom is 0.155 e. The lowest BCUT2D eigenvalue weighted by atomic mass is 9.68. The lowest BCUT2D eigenvalue weighted by molar-refractivity contribution is -0.141. The number of carbonyl (C=O) groups excluding carboxylic acids is 1. The van der Waals surface area contributed by atoms with Crippen LogP contribution in [0.5, 0.6) is 0 Å². The summed E-state index contributed by atoms with van der Waals surface area (Å²) in [4.78, 5) is 12.5. The van der Waals surface area contributed by atoms with E-state index in [1.165, 1.54) is 5.75 Å². The first-order valence-electron chi connectivity index (χ1n) is 6.69. The van der Waals surface area contributed by atoms with Crippen LogP contribution in [0.15, 0.2) is 0 Å². The average Bonchev–Trinajstić information content (AvgIpc) is 2.73. The van der Waals surface area contributed by atoms with Gasteiger partial charge in [0.1, 0.15) is 0 Å². The Morgan fingerprint density at radius 2 is 2.18 bits per heavy atom. The molecule has 4 heteroatoms. The standard InChI is InChI=1S/C13H21NO2S/c14-13(3-1-4-13)11(15)10-2-6-16-12(8-10)5-7-17-9-12/h10H,1-9,14H2. The van der Waals surface area contributed by atoms with Crippen molar-refractivity contribution in [2.75, 3.05) is 18.1 Å². The Morgan fingerprint density at radius 1 is 1.35 bits per heavy atom. The van der Waals surface area contributed by atoms with Gasteiger partial charge in [-0.25, -0.2) is 0 Å². The quantitative estimate of drug-likeness (QED) is 0.816. The summed E-state index contributed by atoms with van der Waals surface area (Å²) < 4.78 is 5.96. The molecule has 0 aromatic rings. The summed E-state index contributed by atoms with van der Waals surface area (Å²) in [6.45, 7) is 0.743. The molecule has 0 bridgehead atoms. The van der Waals surface area contributed by atoms with Gasteiger partial charge in [-0.1, -0.05) is 0 Å². The third kappa shape index (κ3) is 2.04. The lowest BCUT2D eigenvalue weighted by Gasteiger charge is -2.43. The number of thioether (sulfide) groups is 1. The largest absolute Gasteiger partial charge is 0.374 e. The SMILES string of the molecule is NC1(C(=O)C2CCOC3(CCSC3)C2)CCC1. The summed E-state index contributed by atoms with van der Waals surface area (Å²) in [6, 6.07) is 0. The Kier molecular flexibility index (Phi) is 3.00. The lowest BCUT2D eigenvalue weighted by Crippen LogP contribution is -2.57. The molecular weight excluding hydrogens is 234 g/mol. The number of hydrogen-bond acceptors (Lipinski definition) is 4. The van der Waals surface area contributed by atoms with Gasteiger partial charge in [0.2, 0.25) is 0 Å². The molecule has 1 aliphatic carbocycles. The second-order valence-corrected chi connectivity index (χ2v) is 7.00. The highest BCUT2D eigenvalue weighted by atomic mass is 32.2. The highest BCUT2D eigenvalue weighted by Gasteiger charge is 2.48. The first kappa shape index (κ1) is 12.0. The molecule has 2 heterocycles. The molecule has 0 amide bonds. The molecule has 0 aromatic heterocycles. The van der Waals surface area contributed by atoms with E-state index < -0.39 is 5.54 Å². The summed E-state index contributed by atoms with van der Waals surface area (Å²) in [5, 5.41) is 0. The van der Waals surface area contributed by atoms with Crippen molar-refractivity contribution in [3.8, 4) is 0 Å². The highest BCUT2D eigenvalue weighted by molar-refractivity contribution is 7.99. The Balaban J connectivity index is 1.69. The van der Waals surface area contributed by atoms with Crippen LogP contribution < -0.4 is 5.73 Å². The zero-order valence-electron chi connectivity index (χ0n) is 10.2. The molecule has 3 aliphatic rings. The maximum atomic E-state index is 12.5. The predicted molar refractivity (Wildman–Crippen MR) is 69.1 cm³/mol. The molecule has 0 aromatic carbocycles. The van der Waals surface area contributed by atoms with Crippen LogP contribution >= 0.6 is 11.8 Å². The van der Waals surface area contributed by atoms with Crippen molar-refractivity contribution in [3.05, 3.63) is 0 Å². The molecule has 3 nitrogen and oxygen atoms in total. The second kappa shape index (κ2) is 4.25. The smallest absolute Gasteiger partial charge is 0.155 e. The van der Waals surface area contributed by atoms with Crippen LogP contribution in [-0.4, -0.2) is 35.0 Å². The van der Waals surface area contributed by atoms with E-state index in [4.69, 9.17) is 10.5 Å². The van der Waals surface area contributed by atoms with Gasteiger partial charge >= 0.3 is 0 Å². The summed E-state index contributed by atoms with van der Waals surface area (Å²) in [5.74, 6) is 2.72. The molecular formula is C13H21NO2S. The predicted octanol–water partition coefficient (Wildman–Crippen LogP) is 1.74. The molecule has 2 atom stereocenters. The van der Waals surface area contributed by atoms with E-state index in [9.17, 15) is 4.79 Å². The molecule has 2 aliphatic heterocycles. The van der Waals surface area contributed by atoms with Gasteiger partial charge in [-0.2, -0.15) is 11.8 Å². The minimum atomic E-state index is -0.477. The fourth-order valence-corrected chi connectivity index (χ4v) is 4.70. The maximum absolute atomic E-state index is 12.5. The highest BCUT2D eigenvalue weighted by Crippen LogP contribution is 2.43. The Hall–Kier alpha value is -0.0600. The van der Waals surface area contributed by atoms with Gasteiger partial charge in [-0.15, -0.1) is 0 Å². The molecule has 0 radical (unpaired) electrons. The van der Waals surface area contributed by atoms with Crippen LogP contribution in [0.4, 0.5) is 0 Å². The number of ether oxygens (including phenoxy) is 1. The number of nitrogens with two attached hydrogens (primary N) is 1. The van der Waals surface area contributed by atoms with E-state index in [1.807, 2.05) is 11.8 Å². The third-order valence-corrected chi connectivity index (χ3v) is 5.89. The molecule has 96 valence electrons. The summed E-state index contributed by atoms with van der Waals surface area (Å²) in [5.41, 5.74) is 5.69. The molecule has 1 spiro atoms. The van der Waals surface area contributed by atoms with E-state index in [-0.39, 0.29) is 11.5 Å². The van der Waals surface area contributed by atoms with Gasteiger partial charge in [0, 0.05) is 18.3 Å². The molecule has 3 fully saturated rings. The van der Waals surface area contributed by atoms with Gasteiger partial charge in [-0.05, 0) is 44.3 Å². The minimum Gasteiger partial charge on any atom is -0.374 e. The fraction of sp³-hybridized carbons (Fsp3) is 0.923. The van der Waals surface area contributed by atoms with Crippen molar-refractivity contribution >= 4 is 17.5 Å². The van der Waals surface area contributed by atoms with Crippen molar-refractivity contribution in [1.82, 2.24) is 0 Å². The van der Waals surface area contributed by atoms with Crippen LogP contribution in [0.2, 0.25) is 0 Å². The van der Waals surface area contributed by atoms with Crippen molar-refractivity contribution in [2.24, 2.45) is 11.7 Å². The van der Waals surface area contributed by atoms with E-state index in [0.717, 1.165) is 50.9 Å². The van der Waals surface area contributed by atoms with E-state index >= 15 is 0 Å². The van der Waals surface area contributed by atoms with Crippen LogP contribution in [-0.2, 0) is 9.53 Å². The number of carbonyl (C=O) groups is 1. The van der Waals surface area contributed by atoms with E-state index in [2.05, 4.69) is 0 Å². The van der Waals surface area contributed by atoms with Gasteiger partial charge in [0.15, 0.2) is 5.78 Å². The first-order valence-corrected chi connectivity index (χ1v) is 7.84. The Morgan fingerprint density at radius 3 is 2.76 bits per heavy atom. The van der Waals surface area contributed by atoms with Crippen LogP contribution in [0.25, 0.3) is 0 Å². The number of ketones is 1.